The molecule has 0 radical (unpaired) electrons. The van der Waals surface area contributed by atoms with Gasteiger partial charge in [-0.05, 0) is 83.2 Å². The Balaban J connectivity index is 1.61. The molecule has 0 aliphatic heterocycles. The molecule has 0 atom stereocenters. The summed E-state index contributed by atoms with van der Waals surface area (Å²) in [6, 6.07) is 44.4. The molecule has 0 aliphatic carbocycles. The Morgan fingerprint density at radius 3 is 1.66 bits per heavy atom. The van der Waals surface area contributed by atoms with Crippen molar-refractivity contribution in [1.82, 2.24) is 0 Å². The van der Waals surface area contributed by atoms with Crippen molar-refractivity contribution in [2.24, 2.45) is 0 Å². The predicted octanol–water partition coefficient (Wildman–Crippen LogP) is 9.12. The van der Waals surface area contributed by atoms with Crippen molar-refractivity contribution in [2.75, 3.05) is 0 Å². The number of rotatable bonds is 1. The highest BCUT2D eigenvalue weighted by atomic mass is 14.2. The first-order valence-electron chi connectivity index (χ1n) is 11.1. The standard InChI is InChI=1S/C32H20/c1-2-9-22-19-31-24(18-21(22)8-1)16-17-30-27(31)14-7-15-29(30)32-20-23-10-3-4-11-25(23)26-12-5-6-13-28(26)32/h1-20H. The molecule has 0 heterocycles. The zero-order chi connectivity index (χ0) is 21.1. The maximum absolute atomic E-state index is 2.36. The van der Waals surface area contributed by atoms with Gasteiger partial charge in [0.05, 0.1) is 0 Å². The van der Waals surface area contributed by atoms with Crippen LogP contribution >= 0.6 is 0 Å². The third kappa shape index (κ3) is 2.50. The highest BCUT2D eigenvalue weighted by molar-refractivity contribution is 6.19. The van der Waals surface area contributed by atoms with E-state index in [0.29, 0.717) is 0 Å². The largest absolute Gasteiger partial charge is 0.0616 e. The smallest absolute Gasteiger partial charge is 0.00928 e. The van der Waals surface area contributed by atoms with E-state index in [4.69, 9.17) is 0 Å². The molecule has 7 rings (SSSR count). The molecule has 7 aromatic carbocycles. The van der Waals surface area contributed by atoms with Crippen LogP contribution in [0.1, 0.15) is 0 Å². The van der Waals surface area contributed by atoms with E-state index in [9.17, 15) is 0 Å². The van der Waals surface area contributed by atoms with Crippen molar-refractivity contribution in [3.63, 3.8) is 0 Å². The molecule has 148 valence electrons. The second kappa shape index (κ2) is 6.67. The minimum atomic E-state index is 1.28. The summed E-state index contributed by atoms with van der Waals surface area (Å²) in [6.07, 6.45) is 0. The van der Waals surface area contributed by atoms with E-state index >= 15 is 0 Å². The molecule has 0 heteroatoms. The van der Waals surface area contributed by atoms with Crippen LogP contribution in [0.3, 0.4) is 0 Å². The minimum absolute atomic E-state index is 1.28. The van der Waals surface area contributed by atoms with Gasteiger partial charge in [0, 0.05) is 0 Å². The van der Waals surface area contributed by atoms with Gasteiger partial charge >= 0.3 is 0 Å². The molecular weight excluding hydrogens is 384 g/mol. The van der Waals surface area contributed by atoms with Crippen molar-refractivity contribution < 1.29 is 0 Å². The number of hydrogen-bond donors (Lipinski definition) is 0. The van der Waals surface area contributed by atoms with Gasteiger partial charge in [-0.2, -0.15) is 0 Å². The Morgan fingerprint density at radius 1 is 0.250 bits per heavy atom. The maximum atomic E-state index is 2.36. The zero-order valence-electron chi connectivity index (χ0n) is 17.5. The van der Waals surface area contributed by atoms with E-state index in [-0.39, 0.29) is 0 Å². The molecule has 0 fully saturated rings. The summed E-state index contributed by atoms with van der Waals surface area (Å²) in [6.45, 7) is 0. The molecule has 0 spiro atoms. The van der Waals surface area contributed by atoms with Crippen LogP contribution in [0.5, 0.6) is 0 Å². The topological polar surface area (TPSA) is 0 Å². The molecule has 0 saturated carbocycles. The quantitative estimate of drug-likeness (QED) is 0.189. The van der Waals surface area contributed by atoms with Crippen LogP contribution < -0.4 is 0 Å². The SMILES string of the molecule is c1ccc2cc3c(ccc4c(-c5cc6ccccc6c6ccccc56)cccc43)cc2c1. The zero-order valence-corrected chi connectivity index (χ0v) is 17.5. The van der Waals surface area contributed by atoms with Crippen LogP contribution in [-0.4, -0.2) is 0 Å². The van der Waals surface area contributed by atoms with Crippen LogP contribution in [-0.2, 0) is 0 Å². The van der Waals surface area contributed by atoms with Crippen LogP contribution in [0, 0.1) is 0 Å². The summed E-state index contributed by atoms with van der Waals surface area (Å²) in [5.41, 5.74) is 2.59. The Morgan fingerprint density at radius 2 is 0.812 bits per heavy atom. The lowest BCUT2D eigenvalue weighted by atomic mass is 9.89. The van der Waals surface area contributed by atoms with Crippen LogP contribution in [0.15, 0.2) is 121 Å². The first-order chi connectivity index (χ1) is 15.9. The number of benzene rings is 7. The third-order valence-electron chi connectivity index (χ3n) is 6.80. The molecule has 0 N–H and O–H groups in total. The van der Waals surface area contributed by atoms with E-state index in [2.05, 4.69) is 121 Å². The van der Waals surface area contributed by atoms with Crippen molar-refractivity contribution in [3.05, 3.63) is 121 Å². The third-order valence-corrected chi connectivity index (χ3v) is 6.80. The average Bonchev–Trinajstić information content (AvgIpc) is 2.86. The van der Waals surface area contributed by atoms with Gasteiger partial charge in [-0.25, -0.2) is 0 Å². The molecule has 0 amide bonds. The van der Waals surface area contributed by atoms with Crippen molar-refractivity contribution in [2.45, 2.75) is 0 Å². The Kier molecular flexibility index (Phi) is 3.65. The highest BCUT2D eigenvalue weighted by Gasteiger charge is 2.12. The maximum Gasteiger partial charge on any atom is -0.00928 e. The van der Waals surface area contributed by atoms with Gasteiger partial charge in [0.15, 0.2) is 0 Å². The molecule has 0 aliphatic rings. The van der Waals surface area contributed by atoms with Crippen molar-refractivity contribution in [3.8, 4) is 11.1 Å². The van der Waals surface area contributed by atoms with Crippen LogP contribution in [0.4, 0.5) is 0 Å². The second-order valence-electron chi connectivity index (χ2n) is 8.58. The Hall–Kier alpha value is -4.16. The highest BCUT2D eigenvalue weighted by Crippen LogP contribution is 2.40. The summed E-state index contributed by atoms with van der Waals surface area (Å²) in [5, 5.41) is 13.0. The molecule has 0 aromatic heterocycles. The normalized spacial score (nSPS) is 11.8. The fourth-order valence-electron chi connectivity index (χ4n) is 5.29. The first kappa shape index (κ1) is 17.5. The molecule has 0 saturated heterocycles. The monoisotopic (exact) mass is 404 g/mol. The summed E-state index contributed by atoms with van der Waals surface area (Å²) in [4.78, 5) is 0. The summed E-state index contributed by atoms with van der Waals surface area (Å²) in [7, 11) is 0. The molecule has 0 unspecified atom stereocenters. The molecule has 32 heavy (non-hydrogen) atoms. The van der Waals surface area contributed by atoms with Crippen LogP contribution in [0.2, 0.25) is 0 Å². The molecule has 0 nitrogen and oxygen atoms in total. The van der Waals surface area contributed by atoms with Gasteiger partial charge in [-0.1, -0.05) is 103 Å². The number of fused-ring (bicyclic) bond motifs is 7. The lowest BCUT2D eigenvalue weighted by Crippen LogP contribution is -1.87. The van der Waals surface area contributed by atoms with E-state index in [1.807, 2.05) is 0 Å². The van der Waals surface area contributed by atoms with Gasteiger partial charge in [0.25, 0.3) is 0 Å². The first-order valence-corrected chi connectivity index (χ1v) is 11.1. The van der Waals surface area contributed by atoms with Crippen molar-refractivity contribution >= 4 is 53.9 Å². The van der Waals surface area contributed by atoms with Crippen LogP contribution in [0.25, 0.3) is 65.0 Å². The Bertz CT molecular complexity index is 1820. The van der Waals surface area contributed by atoms with E-state index in [1.54, 1.807) is 0 Å². The van der Waals surface area contributed by atoms with E-state index < -0.39 is 0 Å². The molecule has 0 bridgehead atoms. The Labute approximate surface area is 186 Å². The van der Waals surface area contributed by atoms with Gasteiger partial charge in [0.1, 0.15) is 0 Å². The van der Waals surface area contributed by atoms with Gasteiger partial charge < -0.3 is 0 Å². The summed E-state index contributed by atoms with van der Waals surface area (Å²) in [5.74, 6) is 0. The summed E-state index contributed by atoms with van der Waals surface area (Å²) >= 11 is 0. The average molecular weight is 405 g/mol. The second-order valence-corrected chi connectivity index (χ2v) is 8.58. The lowest BCUT2D eigenvalue weighted by molar-refractivity contribution is 1.71. The minimum Gasteiger partial charge on any atom is -0.0616 e. The predicted molar refractivity (Wildman–Crippen MR) is 139 cm³/mol. The van der Waals surface area contributed by atoms with Gasteiger partial charge in [-0.3, -0.25) is 0 Å². The van der Waals surface area contributed by atoms with E-state index in [0.717, 1.165) is 0 Å². The van der Waals surface area contributed by atoms with Gasteiger partial charge in [-0.15, -0.1) is 0 Å². The van der Waals surface area contributed by atoms with Gasteiger partial charge in [0.2, 0.25) is 0 Å². The van der Waals surface area contributed by atoms with E-state index in [1.165, 1.54) is 65.0 Å². The molecular formula is C32H20. The van der Waals surface area contributed by atoms with Crippen molar-refractivity contribution in [1.29, 1.82) is 0 Å². The fraction of sp³-hybridized carbons (Fsp3) is 0. The number of hydrogen-bond acceptors (Lipinski definition) is 0. The fourth-order valence-corrected chi connectivity index (χ4v) is 5.29. The summed E-state index contributed by atoms with van der Waals surface area (Å²) < 4.78 is 0. The lowest BCUT2D eigenvalue weighted by Gasteiger charge is -2.14. The molecule has 7 aromatic rings.